The highest BCUT2D eigenvalue weighted by Crippen LogP contribution is 2.39. The number of sulfonamides is 1. The molecule has 2 aromatic carbocycles. The highest BCUT2D eigenvalue weighted by atomic mass is 32.2. The summed E-state index contributed by atoms with van der Waals surface area (Å²) in [7, 11) is -0.618. The molecule has 2 saturated heterocycles. The van der Waals surface area contributed by atoms with E-state index in [1.807, 2.05) is 53.4 Å². The molecule has 3 heterocycles. The highest BCUT2D eigenvalue weighted by Gasteiger charge is 2.46. The first-order chi connectivity index (χ1) is 21.7. The molecule has 2 aliphatic rings. The van der Waals surface area contributed by atoms with E-state index < -0.39 is 28.1 Å². The smallest absolute Gasteiger partial charge is 0.490 e. The predicted molar refractivity (Wildman–Crippen MR) is 159 cm³/mol. The van der Waals surface area contributed by atoms with Crippen molar-refractivity contribution >= 4 is 27.6 Å². The summed E-state index contributed by atoms with van der Waals surface area (Å²) in [4.78, 5) is 27.0. The van der Waals surface area contributed by atoms with Crippen LogP contribution in [0, 0.1) is 19.8 Å². The van der Waals surface area contributed by atoms with Crippen molar-refractivity contribution in [2.45, 2.75) is 30.8 Å². The Labute approximate surface area is 264 Å². The zero-order valence-corrected chi connectivity index (χ0v) is 26.5. The SMILES string of the molecule is COc1ccc(OC)c(N2CCN(C(=O)[C@@H]3CN(S(=O)(=O)c4c(C)noc4C)C[C@H]3c3ccccc3)CC2)c1.O=C(O)C(F)(F)F. The van der Waals surface area contributed by atoms with Crippen molar-refractivity contribution in [2.75, 3.05) is 58.4 Å². The van der Waals surface area contributed by atoms with Gasteiger partial charge in [0.05, 0.1) is 25.8 Å². The standard InChI is InChI=1S/C28H34N4O6S.C2HF3O2/c1-19-27(20(2)38-29-19)39(34,35)32-17-23(21-8-6-5-7-9-21)24(18-32)28(33)31-14-12-30(13-15-31)25-16-22(36-3)10-11-26(25)37-4;3-2(4,5)1(6)7/h5-11,16,23-24H,12-15,17-18H2,1-4H3;(H,6,7)/t23-,24+;/m0./s1. The minimum atomic E-state index is -5.08. The molecule has 2 atom stereocenters. The fourth-order valence-corrected chi connectivity index (χ4v) is 7.45. The lowest BCUT2D eigenvalue weighted by Crippen LogP contribution is -2.51. The summed E-state index contributed by atoms with van der Waals surface area (Å²) in [5.41, 5.74) is 2.19. The van der Waals surface area contributed by atoms with Crippen LogP contribution in [0.15, 0.2) is 57.9 Å². The lowest BCUT2D eigenvalue weighted by Gasteiger charge is -2.38. The van der Waals surface area contributed by atoms with Crippen LogP contribution in [0.2, 0.25) is 0 Å². The van der Waals surface area contributed by atoms with Gasteiger partial charge in [0.1, 0.15) is 22.1 Å². The number of alkyl halides is 3. The fraction of sp³-hybridized carbons (Fsp3) is 0.433. The molecule has 0 unspecified atom stereocenters. The van der Waals surface area contributed by atoms with Crippen LogP contribution >= 0.6 is 0 Å². The lowest BCUT2D eigenvalue weighted by molar-refractivity contribution is -0.192. The van der Waals surface area contributed by atoms with Crippen LogP contribution in [0.4, 0.5) is 18.9 Å². The topological polar surface area (TPSA) is 143 Å². The van der Waals surface area contributed by atoms with Gasteiger partial charge in [-0.2, -0.15) is 17.5 Å². The number of carbonyl (C=O) groups excluding carboxylic acids is 1. The van der Waals surface area contributed by atoms with Crippen molar-refractivity contribution < 1.29 is 50.3 Å². The molecule has 16 heteroatoms. The summed E-state index contributed by atoms with van der Waals surface area (Å²) in [6, 6.07) is 15.4. The number of aliphatic carboxylic acids is 1. The average molecular weight is 669 g/mol. The Hall–Kier alpha value is -4.31. The second-order valence-electron chi connectivity index (χ2n) is 10.8. The second kappa shape index (κ2) is 14.0. The molecule has 3 aromatic rings. The Kier molecular flexibility index (Phi) is 10.5. The van der Waals surface area contributed by atoms with Gasteiger partial charge in [0.15, 0.2) is 5.76 Å². The minimum Gasteiger partial charge on any atom is -0.497 e. The summed E-state index contributed by atoms with van der Waals surface area (Å²) in [6.07, 6.45) is -5.08. The first kappa shape index (κ1) is 34.6. The molecule has 0 aliphatic carbocycles. The van der Waals surface area contributed by atoms with Crippen molar-refractivity contribution in [3.63, 3.8) is 0 Å². The number of methoxy groups -OCH3 is 2. The van der Waals surface area contributed by atoms with Crippen LogP contribution in [-0.4, -0.2) is 99.4 Å². The maximum atomic E-state index is 14.0. The average Bonchev–Trinajstić information content (AvgIpc) is 3.64. The molecule has 0 spiro atoms. The first-order valence-electron chi connectivity index (χ1n) is 14.2. The van der Waals surface area contributed by atoms with E-state index in [2.05, 4.69) is 10.1 Å². The number of amides is 1. The van der Waals surface area contributed by atoms with Crippen LogP contribution in [0.25, 0.3) is 0 Å². The van der Waals surface area contributed by atoms with E-state index >= 15 is 0 Å². The molecular formula is C30H35F3N4O8S. The number of nitrogens with zero attached hydrogens (tertiary/aromatic N) is 4. The van der Waals surface area contributed by atoms with Gasteiger partial charge in [-0.25, -0.2) is 13.2 Å². The van der Waals surface area contributed by atoms with Gasteiger partial charge >= 0.3 is 12.1 Å². The number of aryl methyl sites for hydroxylation is 2. The van der Waals surface area contributed by atoms with Crippen LogP contribution in [0.5, 0.6) is 11.5 Å². The van der Waals surface area contributed by atoms with Gasteiger partial charge in [0.2, 0.25) is 15.9 Å². The number of anilines is 1. The van der Waals surface area contributed by atoms with Crippen molar-refractivity contribution in [2.24, 2.45) is 5.92 Å². The molecule has 1 N–H and O–H groups in total. The zero-order chi connectivity index (χ0) is 33.8. The number of rotatable bonds is 7. The summed E-state index contributed by atoms with van der Waals surface area (Å²) >= 11 is 0. The maximum absolute atomic E-state index is 14.0. The molecule has 1 amide bonds. The highest BCUT2D eigenvalue weighted by molar-refractivity contribution is 7.89. The molecule has 1 aromatic heterocycles. The summed E-state index contributed by atoms with van der Waals surface area (Å²) in [6.45, 7) is 5.83. The molecule has 12 nitrogen and oxygen atoms in total. The Morgan fingerprint density at radius 3 is 2.13 bits per heavy atom. The van der Waals surface area contributed by atoms with Gasteiger partial charge in [-0.15, -0.1) is 0 Å². The molecule has 46 heavy (non-hydrogen) atoms. The van der Waals surface area contributed by atoms with Gasteiger partial charge in [-0.1, -0.05) is 35.5 Å². The molecule has 5 rings (SSSR count). The van der Waals surface area contributed by atoms with Crippen LogP contribution in [0.3, 0.4) is 0 Å². The Morgan fingerprint density at radius 1 is 0.978 bits per heavy atom. The Bertz CT molecular complexity index is 1620. The molecule has 0 bridgehead atoms. The predicted octanol–water partition coefficient (Wildman–Crippen LogP) is 3.70. The van der Waals surface area contributed by atoms with E-state index in [9.17, 15) is 26.4 Å². The molecular weight excluding hydrogens is 633 g/mol. The normalized spacial score (nSPS) is 18.9. The van der Waals surface area contributed by atoms with Gasteiger partial charge in [0, 0.05) is 51.3 Å². The number of carbonyl (C=O) groups is 2. The summed E-state index contributed by atoms with van der Waals surface area (Å²) in [5, 5.41) is 11.0. The van der Waals surface area contributed by atoms with Gasteiger partial charge in [-0.05, 0) is 31.5 Å². The molecule has 0 radical (unpaired) electrons. The third kappa shape index (κ3) is 7.39. The Balaban J connectivity index is 0.000000617. The maximum Gasteiger partial charge on any atom is 0.490 e. The first-order valence-corrected chi connectivity index (χ1v) is 15.7. The number of carboxylic acids is 1. The lowest BCUT2D eigenvalue weighted by atomic mass is 9.88. The van der Waals surface area contributed by atoms with Crippen molar-refractivity contribution in [1.29, 1.82) is 0 Å². The number of carboxylic acid groups (broad SMARTS) is 1. The number of ether oxygens (including phenoxy) is 2. The van der Waals surface area contributed by atoms with Crippen molar-refractivity contribution in [1.82, 2.24) is 14.4 Å². The number of aromatic nitrogens is 1. The second-order valence-corrected chi connectivity index (χ2v) is 12.6. The quantitative estimate of drug-likeness (QED) is 0.396. The van der Waals surface area contributed by atoms with E-state index in [1.54, 1.807) is 28.1 Å². The largest absolute Gasteiger partial charge is 0.497 e. The van der Waals surface area contributed by atoms with E-state index in [4.69, 9.17) is 23.9 Å². The van der Waals surface area contributed by atoms with Gasteiger partial charge in [-0.3, -0.25) is 4.79 Å². The van der Waals surface area contributed by atoms with Crippen molar-refractivity contribution in [3.05, 3.63) is 65.5 Å². The number of hydrogen-bond acceptors (Lipinski definition) is 9. The number of benzene rings is 2. The van der Waals surface area contributed by atoms with E-state index in [0.717, 1.165) is 22.7 Å². The van der Waals surface area contributed by atoms with E-state index in [1.165, 1.54) is 4.31 Å². The number of hydrogen-bond donors (Lipinski definition) is 1. The Morgan fingerprint density at radius 2 is 1.61 bits per heavy atom. The van der Waals surface area contributed by atoms with E-state index in [-0.39, 0.29) is 35.6 Å². The van der Waals surface area contributed by atoms with Crippen LogP contribution in [0.1, 0.15) is 22.9 Å². The number of halogens is 3. The third-order valence-electron chi connectivity index (χ3n) is 7.96. The fourth-order valence-electron chi connectivity index (χ4n) is 5.67. The van der Waals surface area contributed by atoms with Crippen molar-refractivity contribution in [3.8, 4) is 11.5 Å². The third-order valence-corrected chi connectivity index (χ3v) is 10.0. The minimum absolute atomic E-state index is 0.0300. The van der Waals surface area contributed by atoms with Gasteiger partial charge in [0.25, 0.3) is 0 Å². The summed E-state index contributed by atoms with van der Waals surface area (Å²) in [5.74, 6) is -1.81. The molecule has 250 valence electrons. The zero-order valence-electron chi connectivity index (χ0n) is 25.7. The van der Waals surface area contributed by atoms with Gasteiger partial charge < -0.3 is 28.9 Å². The van der Waals surface area contributed by atoms with Crippen LogP contribution < -0.4 is 14.4 Å². The monoisotopic (exact) mass is 668 g/mol. The summed E-state index contributed by atoms with van der Waals surface area (Å²) < 4.78 is 76.5. The molecule has 2 aliphatic heterocycles. The molecule has 0 saturated carbocycles. The van der Waals surface area contributed by atoms with E-state index in [0.29, 0.717) is 31.9 Å². The van der Waals surface area contributed by atoms with Crippen LogP contribution in [-0.2, 0) is 19.6 Å². The molecule has 2 fully saturated rings. The number of piperazine rings is 1.